The third-order valence-electron chi connectivity index (χ3n) is 3.93. The van der Waals surface area contributed by atoms with Crippen molar-refractivity contribution in [2.45, 2.75) is 32.6 Å². The predicted octanol–water partition coefficient (Wildman–Crippen LogP) is 1.43. The smallest absolute Gasteiger partial charge is 0.180 e. The number of hydrogen-bond donors (Lipinski definition) is 2. The SMILES string of the molecule is Cl.Cl.Nc1nc2c(s1)CN(Cc1cc3n(n1)CCNC3)CC2. The fourth-order valence-corrected chi connectivity index (χ4v) is 3.88. The Bertz CT molecular complexity index is 617. The van der Waals surface area contributed by atoms with Gasteiger partial charge < -0.3 is 11.1 Å². The molecule has 4 rings (SSSR count). The summed E-state index contributed by atoms with van der Waals surface area (Å²) in [6.45, 7) is 5.83. The van der Waals surface area contributed by atoms with Gasteiger partial charge >= 0.3 is 0 Å². The van der Waals surface area contributed by atoms with Crippen molar-refractivity contribution in [1.29, 1.82) is 0 Å². The molecule has 0 aromatic carbocycles. The Morgan fingerprint density at radius 2 is 2.18 bits per heavy atom. The summed E-state index contributed by atoms with van der Waals surface area (Å²) in [7, 11) is 0. The second-order valence-corrected chi connectivity index (χ2v) is 6.52. The highest BCUT2D eigenvalue weighted by Gasteiger charge is 2.21. The zero-order chi connectivity index (χ0) is 13.5. The van der Waals surface area contributed by atoms with Crippen molar-refractivity contribution in [3.8, 4) is 0 Å². The number of nitrogens with zero attached hydrogens (tertiary/aromatic N) is 4. The monoisotopic (exact) mass is 362 g/mol. The third kappa shape index (κ3) is 3.38. The first-order valence-electron chi connectivity index (χ1n) is 7.00. The van der Waals surface area contributed by atoms with Crippen molar-refractivity contribution >= 4 is 41.3 Å². The average molecular weight is 363 g/mol. The van der Waals surface area contributed by atoms with Gasteiger partial charge in [-0.1, -0.05) is 0 Å². The van der Waals surface area contributed by atoms with Gasteiger partial charge in [-0.2, -0.15) is 5.10 Å². The van der Waals surface area contributed by atoms with Crippen LogP contribution in [0.1, 0.15) is 22.0 Å². The van der Waals surface area contributed by atoms with Crippen LogP contribution < -0.4 is 11.1 Å². The molecule has 9 heteroatoms. The van der Waals surface area contributed by atoms with Gasteiger partial charge in [0.1, 0.15) is 0 Å². The molecule has 0 aliphatic carbocycles. The molecule has 122 valence electrons. The number of hydrogen-bond acceptors (Lipinski definition) is 6. The summed E-state index contributed by atoms with van der Waals surface area (Å²) < 4.78 is 2.13. The van der Waals surface area contributed by atoms with Crippen molar-refractivity contribution in [2.75, 3.05) is 18.8 Å². The van der Waals surface area contributed by atoms with E-state index in [2.05, 4.69) is 25.9 Å². The number of thiazole rings is 1. The van der Waals surface area contributed by atoms with Gasteiger partial charge in [0.25, 0.3) is 0 Å². The molecule has 0 unspecified atom stereocenters. The predicted molar refractivity (Wildman–Crippen MR) is 92.8 cm³/mol. The molecule has 22 heavy (non-hydrogen) atoms. The normalized spacial score (nSPS) is 17.1. The summed E-state index contributed by atoms with van der Waals surface area (Å²) in [5.41, 5.74) is 9.45. The van der Waals surface area contributed by atoms with Crippen LogP contribution in [0.15, 0.2) is 6.07 Å². The fraction of sp³-hybridized carbons (Fsp3) is 0.538. The molecule has 4 heterocycles. The van der Waals surface area contributed by atoms with E-state index < -0.39 is 0 Å². The van der Waals surface area contributed by atoms with Gasteiger partial charge in [-0.3, -0.25) is 9.58 Å². The number of nitrogens with two attached hydrogens (primary N) is 1. The minimum Gasteiger partial charge on any atom is -0.375 e. The number of nitrogen functional groups attached to an aromatic ring is 1. The Labute approximate surface area is 145 Å². The number of halogens is 2. The van der Waals surface area contributed by atoms with Crippen LogP contribution in [0.5, 0.6) is 0 Å². The quantitative estimate of drug-likeness (QED) is 0.845. The molecule has 0 spiro atoms. The average Bonchev–Trinajstić information content (AvgIpc) is 2.99. The third-order valence-corrected chi connectivity index (χ3v) is 4.84. The maximum atomic E-state index is 5.79. The van der Waals surface area contributed by atoms with E-state index in [1.165, 1.54) is 22.0 Å². The molecular weight excluding hydrogens is 343 g/mol. The lowest BCUT2D eigenvalue weighted by Gasteiger charge is -2.24. The Morgan fingerprint density at radius 1 is 1.32 bits per heavy atom. The van der Waals surface area contributed by atoms with Crippen molar-refractivity contribution in [3.05, 3.63) is 28.0 Å². The van der Waals surface area contributed by atoms with Crippen molar-refractivity contribution in [1.82, 2.24) is 25.0 Å². The zero-order valence-corrected chi connectivity index (χ0v) is 14.6. The standard InChI is InChI=1S/C13H18N6S.2ClH/c14-13-16-11-1-3-18(8-12(11)20-13)7-9-5-10-6-15-2-4-19(10)17-9;;/h5,15H,1-4,6-8H2,(H2,14,16);2*1H. The van der Waals surface area contributed by atoms with E-state index in [4.69, 9.17) is 10.8 Å². The van der Waals surface area contributed by atoms with Gasteiger partial charge in [0.2, 0.25) is 0 Å². The molecule has 0 fully saturated rings. The summed E-state index contributed by atoms with van der Waals surface area (Å²) in [5, 5.41) is 8.78. The zero-order valence-electron chi connectivity index (χ0n) is 12.1. The van der Waals surface area contributed by atoms with Crippen LogP contribution in [0.3, 0.4) is 0 Å². The minimum atomic E-state index is 0. The highest BCUT2D eigenvalue weighted by molar-refractivity contribution is 7.15. The maximum Gasteiger partial charge on any atom is 0.180 e. The van der Waals surface area contributed by atoms with Gasteiger partial charge in [-0.05, 0) is 6.07 Å². The van der Waals surface area contributed by atoms with E-state index in [-0.39, 0.29) is 24.8 Å². The second-order valence-electron chi connectivity index (χ2n) is 5.41. The number of nitrogens with one attached hydrogen (secondary N) is 1. The molecule has 2 aliphatic heterocycles. The van der Waals surface area contributed by atoms with Crippen LogP contribution in [0.4, 0.5) is 5.13 Å². The van der Waals surface area contributed by atoms with E-state index >= 15 is 0 Å². The first-order chi connectivity index (χ1) is 9.78. The largest absolute Gasteiger partial charge is 0.375 e. The van der Waals surface area contributed by atoms with E-state index in [0.29, 0.717) is 5.13 Å². The minimum absolute atomic E-state index is 0. The molecule has 2 aromatic rings. The van der Waals surface area contributed by atoms with Gasteiger partial charge in [0.15, 0.2) is 5.13 Å². The Kier molecular flexibility index (Phi) is 5.68. The van der Waals surface area contributed by atoms with Crippen molar-refractivity contribution in [3.63, 3.8) is 0 Å². The molecule has 2 aliphatic rings. The highest BCUT2D eigenvalue weighted by atomic mass is 35.5. The Morgan fingerprint density at radius 3 is 3.00 bits per heavy atom. The van der Waals surface area contributed by atoms with E-state index in [9.17, 15) is 0 Å². The lowest BCUT2D eigenvalue weighted by molar-refractivity contribution is 0.243. The molecule has 3 N–H and O–H groups in total. The summed E-state index contributed by atoms with van der Waals surface area (Å²) in [4.78, 5) is 8.14. The van der Waals surface area contributed by atoms with Gasteiger partial charge in [0.05, 0.1) is 23.6 Å². The van der Waals surface area contributed by atoms with Gasteiger partial charge in [-0.15, -0.1) is 36.2 Å². The molecule has 2 aromatic heterocycles. The Hall–Kier alpha value is -0.860. The van der Waals surface area contributed by atoms with Crippen LogP contribution in [0.25, 0.3) is 0 Å². The molecule has 0 saturated carbocycles. The first kappa shape index (κ1) is 17.5. The molecular formula is C13H20Cl2N6S. The molecule has 0 bridgehead atoms. The lowest BCUT2D eigenvalue weighted by Crippen LogP contribution is -2.29. The number of aromatic nitrogens is 3. The number of fused-ring (bicyclic) bond motifs is 2. The first-order valence-corrected chi connectivity index (χ1v) is 7.82. The molecule has 0 saturated heterocycles. The molecule has 0 radical (unpaired) electrons. The number of rotatable bonds is 2. The maximum absolute atomic E-state index is 5.79. The summed E-state index contributed by atoms with van der Waals surface area (Å²) in [5.74, 6) is 0. The van der Waals surface area contributed by atoms with Crippen molar-refractivity contribution < 1.29 is 0 Å². The molecule has 0 amide bonds. The summed E-state index contributed by atoms with van der Waals surface area (Å²) in [6, 6.07) is 2.22. The lowest BCUT2D eigenvalue weighted by atomic mass is 10.1. The van der Waals surface area contributed by atoms with E-state index in [0.717, 1.165) is 45.7 Å². The van der Waals surface area contributed by atoms with E-state index in [1.807, 2.05) is 0 Å². The van der Waals surface area contributed by atoms with Crippen LogP contribution in [0, 0.1) is 0 Å². The van der Waals surface area contributed by atoms with Gasteiger partial charge in [-0.25, -0.2) is 4.98 Å². The van der Waals surface area contributed by atoms with E-state index in [1.54, 1.807) is 11.3 Å². The summed E-state index contributed by atoms with van der Waals surface area (Å²) >= 11 is 1.62. The number of anilines is 1. The summed E-state index contributed by atoms with van der Waals surface area (Å²) in [6.07, 6.45) is 0.998. The van der Waals surface area contributed by atoms with Crippen LogP contribution in [0.2, 0.25) is 0 Å². The Balaban J connectivity index is 0.000000882. The van der Waals surface area contributed by atoms with Crippen LogP contribution in [-0.4, -0.2) is 32.8 Å². The highest BCUT2D eigenvalue weighted by Crippen LogP contribution is 2.27. The van der Waals surface area contributed by atoms with Crippen molar-refractivity contribution in [2.24, 2.45) is 0 Å². The topological polar surface area (TPSA) is 72.0 Å². The second kappa shape index (κ2) is 7.14. The van der Waals surface area contributed by atoms with Crippen LogP contribution >= 0.6 is 36.2 Å². The van der Waals surface area contributed by atoms with Crippen LogP contribution in [-0.2, 0) is 32.6 Å². The molecule has 6 nitrogen and oxygen atoms in total. The van der Waals surface area contributed by atoms with Gasteiger partial charge in [0, 0.05) is 44.0 Å². The molecule has 0 atom stereocenters. The fourth-order valence-electron chi connectivity index (χ4n) is 2.96.